The summed E-state index contributed by atoms with van der Waals surface area (Å²) in [6.45, 7) is 3.02. The van der Waals surface area contributed by atoms with E-state index in [9.17, 15) is 9.59 Å². The average Bonchev–Trinajstić information content (AvgIpc) is 2.20. The lowest BCUT2D eigenvalue weighted by Gasteiger charge is -2.08. The van der Waals surface area contributed by atoms with Crippen LogP contribution in [0.1, 0.15) is 32.6 Å². The lowest BCUT2D eigenvalue weighted by atomic mass is 10.1. The van der Waals surface area contributed by atoms with Gasteiger partial charge in [-0.05, 0) is 25.3 Å². The van der Waals surface area contributed by atoms with Crippen LogP contribution in [0.3, 0.4) is 0 Å². The lowest BCUT2D eigenvalue weighted by Crippen LogP contribution is -2.25. The zero-order chi connectivity index (χ0) is 11.7. The number of rotatable bonds is 8. The molecule has 88 valence electrons. The zero-order valence-electron chi connectivity index (χ0n) is 9.16. The topological polar surface area (TPSA) is 92.4 Å². The lowest BCUT2D eigenvalue weighted by molar-refractivity contribution is -0.137. The van der Waals surface area contributed by atoms with E-state index in [2.05, 4.69) is 5.32 Å². The van der Waals surface area contributed by atoms with Crippen molar-refractivity contribution in [2.75, 3.05) is 13.1 Å². The predicted molar refractivity (Wildman–Crippen MR) is 57.3 cm³/mol. The molecule has 0 radical (unpaired) electrons. The fourth-order valence-corrected chi connectivity index (χ4v) is 1.05. The van der Waals surface area contributed by atoms with Gasteiger partial charge in [-0.3, -0.25) is 9.59 Å². The van der Waals surface area contributed by atoms with Gasteiger partial charge in [0.25, 0.3) is 0 Å². The maximum Gasteiger partial charge on any atom is 0.303 e. The summed E-state index contributed by atoms with van der Waals surface area (Å²) < 4.78 is 0. The predicted octanol–water partition coefficient (Wildman–Crippen LogP) is 0.342. The van der Waals surface area contributed by atoms with Gasteiger partial charge in [0, 0.05) is 19.4 Å². The van der Waals surface area contributed by atoms with Gasteiger partial charge < -0.3 is 16.2 Å². The van der Waals surface area contributed by atoms with Gasteiger partial charge in [0.05, 0.1) is 0 Å². The second-order valence-electron chi connectivity index (χ2n) is 3.73. The first-order valence-electron chi connectivity index (χ1n) is 5.24. The number of carboxylic acid groups (broad SMARTS) is 1. The Balaban J connectivity index is 3.37. The second kappa shape index (κ2) is 8.23. The van der Waals surface area contributed by atoms with Crippen molar-refractivity contribution in [2.45, 2.75) is 32.6 Å². The van der Waals surface area contributed by atoms with E-state index in [1.807, 2.05) is 6.92 Å². The van der Waals surface area contributed by atoms with Gasteiger partial charge >= 0.3 is 5.97 Å². The molecular weight excluding hydrogens is 196 g/mol. The Bertz CT molecular complexity index is 207. The van der Waals surface area contributed by atoms with E-state index in [1.54, 1.807) is 0 Å². The highest BCUT2D eigenvalue weighted by Gasteiger charge is 2.05. The molecular formula is C10H20N2O3. The summed E-state index contributed by atoms with van der Waals surface area (Å²) in [5.41, 5.74) is 5.42. The van der Waals surface area contributed by atoms with Crippen LogP contribution in [0.4, 0.5) is 0 Å². The molecule has 0 rings (SSSR count). The second-order valence-corrected chi connectivity index (χ2v) is 3.73. The summed E-state index contributed by atoms with van der Waals surface area (Å²) in [5.74, 6) is -0.503. The van der Waals surface area contributed by atoms with Gasteiger partial charge in [-0.25, -0.2) is 0 Å². The van der Waals surface area contributed by atoms with Crippen LogP contribution < -0.4 is 11.1 Å². The van der Waals surface area contributed by atoms with Crippen molar-refractivity contribution in [1.29, 1.82) is 0 Å². The maximum atomic E-state index is 11.2. The third kappa shape index (κ3) is 9.21. The van der Waals surface area contributed by atoms with Crippen molar-refractivity contribution in [2.24, 2.45) is 11.7 Å². The molecule has 0 fully saturated rings. The van der Waals surface area contributed by atoms with Crippen LogP contribution in [-0.2, 0) is 9.59 Å². The normalized spacial score (nSPS) is 12.1. The van der Waals surface area contributed by atoms with Crippen molar-refractivity contribution in [3.05, 3.63) is 0 Å². The molecule has 0 aliphatic carbocycles. The van der Waals surface area contributed by atoms with E-state index >= 15 is 0 Å². The molecule has 5 nitrogen and oxygen atoms in total. The fourth-order valence-electron chi connectivity index (χ4n) is 1.05. The van der Waals surface area contributed by atoms with Crippen LogP contribution in [0.25, 0.3) is 0 Å². The van der Waals surface area contributed by atoms with E-state index in [4.69, 9.17) is 10.8 Å². The molecule has 15 heavy (non-hydrogen) atoms. The first kappa shape index (κ1) is 13.9. The van der Waals surface area contributed by atoms with E-state index in [0.717, 1.165) is 6.42 Å². The summed E-state index contributed by atoms with van der Waals surface area (Å²) in [5, 5.41) is 11.0. The number of nitrogens with one attached hydrogen (secondary N) is 1. The molecule has 0 aliphatic rings. The minimum absolute atomic E-state index is 0.0271. The Kier molecular flexibility index (Phi) is 7.62. The third-order valence-electron chi connectivity index (χ3n) is 2.16. The number of amides is 1. The van der Waals surface area contributed by atoms with Gasteiger partial charge in [0.1, 0.15) is 0 Å². The molecule has 0 spiro atoms. The molecule has 1 atom stereocenters. The van der Waals surface area contributed by atoms with Gasteiger partial charge in [-0.1, -0.05) is 6.92 Å². The summed E-state index contributed by atoms with van der Waals surface area (Å²) >= 11 is 0. The minimum atomic E-state index is -0.832. The number of hydrogen-bond donors (Lipinski definition) is 3. The Hall–Kier alpha value is -1.10. The molecule has 0 saturated carbocycles. The molecule has 1 amide bonds. The zero-order valence-corrected chi connectivity index (χ0v) is 9.16. The van der Waals surface area contributed by atoms with Crippen LogP contribution >= 0.6 is 0 Å². The van der Waals surface area contributed by atoms with Crippen LogP contribution in [0.5, 0.6) is 0 Å². The quantitative estimate of drug-likeness (QED) is 0.510. The van der Waals surface area contributed by atoms with Crippen LogP contribution in [0.2, 0.25) is 0 Å². The maximum absolute atomic E-state index is 11.2. The molecule has 0 aromatic rings. The van der Waals surface area contributed by atoms with E-state index in [0.29, 0.717) is 31.8 Å². The first-order valence-corrected chi connectivity index (χ1v) is 5.24. The molecule has 0 aromatic heterocycles. The number of carbonyl (C=O) groups excluding carboxylic acids is 1. The highest BCUT2D eigenvalue weighted by molar-refractivity contribution is 5.75. The number of carbonyl (C=O) groups is 2. The van der Waals surface area contributed by atoms with Crippen LogP contribution in [-0.4, -0.2) is 30.1 Å². The van der Waals surface area contributed by atoms with Crippen molar-refractivity contribution in [3.8, 4) is 0 Å². The van der Waals surface area contributed by atoms with Crippen molar-refractivity contribution < 1.29 is 14.7 Å². The van der Waals surface area contributed by atoms with E-state index in [-0.39, 0.29) is 12.3 Å². The molecule has 4 N–H and O–H groups in total. The Morgan fingerprint density at radius 2 is 2.07 bits per heavy atom. The van der Waals surface area contributed by atoms with Gasteiger partial charge in [-0.2, -0.15) is 0 Å². The van der Waals surface area contributed by atoms with Crippen LogP contribution in [0, 0.1) is 5.92 Å². The van der Waals surface area contributed by atoms with Gasteiger partial charge in [0.15, 0.2) is 0 Å². The van der Waals surface area contributed by atoms with Crippen LogP contribution in [0.15, 0.2) is 0 Å². The molecule has 1 unspecified atom stereocenters. The number of carboxylic acids is 1. The largest absolute Gasteiger partial charge is 0.481 e. The molecule has 0 aromatic carbocycles. The van der Waals surface area contributed by atoms with E-state index in [1.165, 1.54) is 0 Å². The number of nitrogens with two attached hydrogens (primary N) is 1. The van der Waals surface area contributed by atoms with Gasteiger partial charge in [-0.15, -0.1) is 0 Å². The standard InChI is InChI=1S/C10H20N2O3/c1-8(7-11)4-5-9(13)12-6-2-3-10(14)15/h8H,2-7,11H2,1H3,(H,12,13)(H,14,15). The smallest absolute Gasteiger partial charge is 0.303 e. The average molecular weight is 216 g/mol. The Labute approximate surface area is 90.0 Å². The first-order chi connectivity index (χ1) is 7.06. The third-order valence-corrected chi connectivity index (χ3v) is 2.16. The van der Waals surface area contributed by atoms with E-state index < -0.39 is 5.97 Å². The number of hydrogen-bond acceptors (Lipinski definition) is 3. The summed E-state index contributed by atoms with van der Waals surface area (Å²) in [6.07, 6.45) is 1.82. The molecule has 0 saturated heterocycles. The minimum Gasteiger partial charge on any atom is -0.481 e. The highest BCUT2D eigenvalue weighted by Crippen LogP contribution is 2.02. The summed E-state index contributed by atoms with van der Waals surface area (Å²) in [6, 6.07) is 0. The Morgan fingerprint density at radius 3 is 2.60 bits per heavy atom. The molecule has 5 heteroatoms. The summed E-state index contributed by atoms with van der Waals surface area (Å²) in [7, 11) is 0. The SMILES string of the molecule is CC(CN)CCC(=O)NCCCC(=O)O. The van der Waals surface area contributed by atoms with Crippen molar-refractivity contribution in [3.63, 3.8) is 0 Å². The highest BCUT2D eigenvalue weighted by atomic mass is 16.4. The van der Waals surface area contributed by atoms with Crippen molar-refractivity contribution in [1.82, 2.24) is 5.32 Å². The monoisotopic (exact) mass is 216 g/mol. The fraction of sp³-hybridized carbons (Fsp3) is 0.800. The van der Waals surface area contributed by atoms with Gasteiger partial charge in [0.2, 0.25) is 5.91 Å². The molecule has 0 aliphatic heterocycles. The number of aliphatic carboxylic acids is 1. The molecule has 0 heterocycles. The summed E-state index contributed by atoms with van der Waals surface area (Å²) in [4.78, 5) is 21.4. The molecule has 0 bridgehead atoms. The Morgan fingerprint density at radius 1 is 1.40 bits per heavy atom. The van der Waals surface area contributed by atoms with Crippen molar-refractivity contribution >= 4 is 11.9 Å².